The molecule has 0 spiro atoms. The molecule has 2 N–H and O–H groups in total. The van der Waals surface area contributed by atoms with E-state index in [1.165, 1.54) is 0 Å². The van der Waals surface area contributed by atoms with Crippen LogP contribution < -0.4 is 5.73 Å². The summed E-state index contributed by atoms with van der Waals surface area (Å²) in [6, 6.07) is 0. The third-order valence-corrected chi connectivity index (χ3v) is 2.48. The zero-order valence-corrected chi connectivity index (χ0v) is 7.84. The molecule has 0 atom stereocenters. The minimum Gasteiger partial charge on any atom is -0.368 e. The van der Waals surface area contributed by atoms with E-state index in [0.29, 0.717) is 5.95 Å². The third-order valence-electron chi connectivity index (χ3n) is 1.42. The van der Waals surface area contributed by atoms with Crippen molar-refractivity contribution >= 4 is 17.7 Å². The Hall–Kier alpha value is -0.970. The second-order valence-electron chi connectivity index (χ2n) is 2.33. The van der Waals surface area contributed by atoms with Crippen molar-refractivity contribution in [3.63, 3.8) is 0 Å². The van der Waals surface area contributed by atoms with Crippen LogP contribution in [-0.4, -0.2) is 20.5 Å². The van der Waals surface area contributed by atoms with E-state index < -0.39 is 0 Å². The third kappa shape index (κ3) is 2.01. The minimum absolute atomic E-state index is 0.455. The Morgan fingerprint density at radius 3 is 2.92 bits per heavy atom. The van der Waals surface area contributed by atoms with Gasteiger partial charge in [-0.2, -0.15) is 0 Å². The van der Waals surface area contributed by atoms with Crippen LogP contribution in [0.2, 0.25) is 0 Å². The van der Waals surface area contributed by atoms with Crippen molar-refractivity contribution in [2.24, 2.45) is 7.05 Å². The van der Waals surface area contributed by atoms with Gasteiger partial charge in [-0.05, 0) is 6.42 Å². The molecule has 1 heterocycles. The number of hydrogen-bond donors (Lipinski definition) is 1. The molecule has 1 aromatic heterocycles. The number of hydrogen-bond acceptors (Lipinski definition) is 4. The standard InChI is InChI=1S/C7H12N4S/c1-3-4-5-12-7-10-9-6(8)11(7)2/h3H,1,4-5H2,2H3,(H2,8,9). The fraction of sp³-hybridized carbons (Fsp3) is 0.429. The van der Waals surface area contributed by atoms with Crippen molar-refractivity contribution in [1.29, 1.82) is 0 Å². The number of nitrogens with two attached hydrogens (primary N) is 1. The predicted octanol–water partition coefficient (Wildman–Crippen LogP) is 1.07. The fourth-order valence-electron chi connectivity index (χ4n) is 0.685. The van der Waals surface area contributed by atoms with Crippen LogP contribution in [0.4, 0.5) is 5.95 Å². The SMILES string of the molecule is C=CCCSc1nnc(N)n1C. The maximum atomic E-state index is 5.50. The van der Waals surface area contributed by atoms with Crippen molar-refractivity contribution in [1.82, 2.24) is 14.8 Å². The Labute approximate surface area is 75.9 Å². The highest BCUT2D eigenvalue weighted by Gasteiger charge is 2.03. The average Bonchev–Trinajstić information content (AvgIpc) is 2.36. The van der Waals surface area contributed by atoms with Crippen LogP contribution in [0.15, 0.2) is 17.8 Å². The molecule has 0 unspecified atom stereocenters. The smallest absolute Gasteiger partial charge is 0.222 e. The van der Waals surface area contributed by atoms with E-state index >= 15 is 0 Å². The summed E-state index contributed by atoms with van der Waals surface area (Å²) < 4.78 is 1.77. The Morgan fingerprint density at radius 1 is 1.67 bits per heavy atom. The Kier molecular flexibility index (Phi) is 3.16. The molecule has 0 saturated heterocycles. The number of allylic oxidation sites excluding steroid dienone is 1. The molecule has 12 heavy (non-hydrogen) atoms. The quantitative estimate of drug-likeness (QED) is 0.432. The number of rotatable bonds is 4. The van der Waals surface area contributed by atoms with Crippen LogP contribution in [0, 0.1) is 0 Å². The first kappa shape index (κ1) is 9.12. The zero-order chi connectivity index (χ0) is 8.97. The van der Waals surface area contributed by atoms with Crippen molar-refractivity contribution in [3.05, 3.63) is 12.7 Å². The van der Waals surface area contributed by atoms with Gasteiger partial charge < -0.3 is 5.73 Å². The highest BCUT2D eigenvalue weighted by Crippen LogP contribution is 2.16. The Bertz CT molecular complexity index is 268. The van der Waals surface area contributed by atoms with Crippen LogP contribution in [0.3, 0.4) is 0 Å². The zero-order valence-electron chi connectivity index (χ0n) is 7.03. The highest BCUT2D eigenvalue weighted by atomic mass is 32.2. The van der Waals surface area contributed by atoms with Crippen LogP contribution in [0.1, 0.15) is 6.42 Å². The fourth-order valence-corrected chi connectivity index (χ4v) is 1.54. The minimum atomic E-state index is 0.455. The summed E-state index contributed by atoms with van der Waals surface area (Å²) in [5.74, 6) is 1.42. The van der Waals surface area contributed by atoms with E-state index in [-0.39, 0.29) is 0 Å². The molecular formula is C7H12N4S. The lowest BCUT2D eigenvalue weighted by Gasteiger charge is -1.98. The van der Waals surface area contributed by atoms with Crippen molar-refractivity contribution in [2.45, 2.75) is 11.6 Å². The van der Waals surface area contributed by atoms with Crippen LogP contribution in [-0.2, 0) is 7.05 Å². The van der Waals surface area contributed by atoms with Gasteiger partial charge in [-0.25, -0.2) is 0 Å². The van der Waals surface area contributed by atoms with Gasteiger partial charge in [0.2, 0.25) is 5.95 Å². The van der Waals surface area contributed by atoms with E-state index in [1.54, 1.807) is 16.3 Å². The number of aromatic nitrogens is 3. The molecule has 0 aromatic carbocycles. The largest absolute Gasteiger partial charge is 0.368 e. The molecule has 0 aliphatic rings. The highest BCUT2D eigenvalue weighted by molar-refractivity contribution is 7.99. The summed E-state index contributed by atoms with van der Waals surface area (Å²) in [6.45, 7) is 3.64. The van der Waals surface area contributed by atoms with E-state index in [9.17, 15) is 0 Å². The van der Waals surface area contributed by atoms with E-state index in [2.05, 4.69) is 16.8 Å². The first-order valence-electron chi connectivity index (χ1n) is 3.64. The predicted molar refractivity (Wildman–Crippen MR) is 51.0 cm³/mol. The molecule has 4 nitrogen and oxygen atoms in total. The number of nitrogen functional groups attached to an aromatic ring is 1. The number of thioether (sulfide) groups is 1. The summed E-state index contributed by atoms with van der Waals surface area (Å²) in [5.41, 5.74) is 5.50. The van der Waals surface area contributed by atoms with Gasteiger partial charge >= 0.3 is 0 Å². The maximum absolute atomic E-state index is 5.50. The van der Waals surface area contributed by atoms with Crippen molar-refractivity contribution in [2.75, 3.05) is 11.5 Å². The second-order valence-corrected chi connectivity index (χ2v) is 3.39. The van der Waals surface area contributed by atoms with E-state index in [1.807, 2.05) is 13.1 Å². The summed E-state index contributed by atoms with van der Waals surface area (Å²) >= 11 is 1.63. The summed E-state index contributed by atoms with van der Waals surface area (Å²) in [5, 5.41) is 8.50. The maximum Gasteiger partial charge on any atom is 0.222 e. The molecule has 0 fully saturated rings. The Balaban J connectivity index is 2.51. The number of anilines is 1. The van der Waals surface area contributed by atoms with Gasteiger partial charge in [-0.15, -0.1) is 16.8 Å². The first-order chi connectivity index (χ1) is 5.75. The van der Waals surface area contributed by atoms with Gasteiger partial charge in [-0.1, -0.05) is 17.8 Å². The monoisotopic (exact) mass is 184 g/mol. The van der Waals surface area contributed by atoms with Crippen LogP contribution >= 0.6 is 11.8 Å². The van der Waals surface area contributed by atoms with Gasteiger partial charge in [0.15, 0.2) is 5.16 Å². The van der Waals surface area contributed by atoms with Crippen molar-refractivity contribution < 1.29 is 0 Å². The summed E-state index contributed by atoms with van der Waals surface area (Å²) in [7, 11) is 1.85. The molecule has 0 aliphatic heterocycles. The van der Waals surface area contributed by atoms with Gasteiger partial charge in [0.1, 0.15) is 0 Å². The molecule has 5 heteroatoms. The van der Waals surface area contributed by atoms with E-state index in [4.69, 9.17) is 5.73 Å². The molecule has 1 aromatic rings. The van der Waals surface area contributed by atoms with Gasteiger partial charge in [-0.3, -0.25) is 4.57 Å². The van der Waals surface area contributed by atoms with Crippen LogP contribution in [0.25, 0.3) is 0 Å². The normalized spacial score (nSPS) is 10.1. The lowest BCUT2D eigenvalue weighted by molar-refractivity contribution is 0.795. The molecule has 1 rings (SSSR count). The molecule has 0 radical (unpaired) electrons. The average molecular weight is 184 g/mol. The van der Waals surface area contributed by atoms with Gasteiger partial charge in [0.25, 0.3) is 0 Å². The topological polar surface area (TPSA) is 56.7 Å². The van der Waals surface area contributed by atoms with Crippen LogP contribution in [0.5, 0.6) is 0 Å². The molecule has 0 aliphatic carbocycles. The first-order valence-corrected chi connectivity index (χ1v) is 4.63. The van der Waals surface area contributed by atoms with Gasteiger partial charge in [0, 0.05) is 12.8 Å². The molecule has 0 amide bonds. The molecule has 66 valence electrons. The second kappa shape index (κ2) is 4.15. The van der Waals surface area contributed by atoms with E-state index in [0.717, 1.165) is 17.3 Å². The number of nitrogens with zero attached hydrogens (tertiary/aromatic N) is 3. The lowest BCUT2D eigenvalue weighted by atomic mass is 10.5. The molecule has 0 bridgehead atoms. The summed E-state index contributed by atoms with van der Waals surface area (Å²) in [4.78, 5) is 0. The Morgan fingerprint density at radius 2 is 2.42 bits per heavy atom. The lowest BCUT2D eigenvalue weighted by Crippen LogP contribution is -1.98. The van der Waals surface area contributed by atoms with Crippen molar-refractivity contribution in [3.8, 4) is 0 Å². The molecular weight excluding hydrogens is 172 g/mol. The summed E-state index contributed by atoms with van der Waals surface area (Å²) in [6.07, 6.45) is 2.85. The van der Waals surface area contributed by atoms with Gasteiger partial charge in [0.05, 0.1) is 0 Å². The molecule has 0 saturated carbocycles.